The van der Waals surface area contributed by atoms with Crippen LogP contribution in [0.2, 0.25) is 0 Å². The van der Waals surface area contributed by atoms with Crippen LogP contribution >= 0.6 is 0 Å². The fourth-order valence-corrected chi connectivity index (χ4v) is 2.11. The van der Waals surface area contributed by atoms with E-state index >= 15 is 0 Å². The lowest BCUT2D eigenvalue weighted by molar-refractivity contribution is 0.00235. The number of benzene rings is 2. The van der Waals surface area contributed by atoms with Crippen molar-refractivity contribution < 1.29 is 13.9 Å². The molecule has 0 spiro atoms. The molecular weight excluding hydrogens is 283 g/mol. The zero-order valence-corrected chi connectivity index (χ0v) is 12.6. The number of anilines is 1. The monoisotopic (exact) mass is 302 g/mol. The summed E-state index contributed by atoms with van der Waals surface area (Å²) in [6, 6.07) is 15.1. The molecule has 0 aromatic heterocycles. The first-order valence-corrected chi connectivity index (χ1v) is 6.95. The number of carbonyl (C=O) groups excluding carboxylic acids is 1. The van der Waals surface area contributed by atoms with Crippen molar-refractivity contribution in [3.63, 3.8) is 0 Å². The predicted molar refractivity (Wildman–Crippen MR) is 84.2 cm³/mol. The second kappa shape index (κ2) is 7.04. The molecule has 0 bridgehead atoms. The van der Waals surface area contributed by atoms with Crippen molar-refractivity contribution in [3.8, 4) is 0 Å². The Morgan fingerprint density at radius 1 is 1.14 bits per heavy atom. The Bertz CT molecular complexity index is 634. The highest BCUT2D eigenvalue weighted by Gasteiger charge is 2.29. The normalized spacial score (nSPS) is 13.2. The van der Waals surface area contributed by atoms with Crippen molar-refractivity contribution >= 4 is 11.7 Å². The van der Waals surface area contributed by atoms with Crippen molar-refractivity contribution in [3.05, 3.63) is 66.0 Å². The molecule has 22 heavy (non-hydrogen) atoms. The molecule has 4 nitrogen and oxygen atoms in total. The van der Waals surface area contributed by atoms with Crippen LogP contribution in [0.25, 0.3) is 0 Å². The van der Waals surface area contributed by atoms with Gasteiger partial charge in [0, 0.05) is 18.4 Å². The average molecular weight is 302 g/mol. The van der Waals surface area contributed by atoms with Crippen molar-refractivity contribution in [2.24, 2.45) is 0 Å². The maximum absolute atomic E-state index is 13.9. The standard InChI is InChI=1S/C17H19FN2O2/c1-17(22-2,14-10-6-7-11-15(14)18)12-19-16(21)20-13-8-4-3-5-9-13/h3-11H,12H2,1-2H3,(H2,19,20,21). The number of para-hydroxylation sites is 1. The number of carbonyl (C=O) groups is 1. The fourth-order valence-electron chi connectivity index (χ4n) is 2.11. The molecule has 2 rings (SSSR count). The molecule has 0 aliphatic heterocycles. The molecule has 0 saturated carbocycles. The molecular formula is C17H19FN2O2. The van der Waals surface area contributed by atoms with Gasteiger partial charge in [-0.25, -0.2) is 9.18 Å². The summed E-state index contributed by atoms with van der Waals surface area (Å²) in [7, 11) is 1.49. The number of rotatable bonds is 5. The van der Waals surface area contributed by atoms with Gasteiger partial charge in [0.2, 0.25) is 0 Å². The van der Waals surface area contributed by atoms with E-state index in [1.54, 1.807) is 37.3 Å². The van der Waals surface area contributed by atoms with E-state index in [1.807, 2.05) is 18.2 Å². The molecule has 0 heterocycles. The Balaban J connectivity index is 2.02. The molecule has 2 amide bonds. The third kappa shape index (κ3) is 3.83. The number of halogens is 1. The molecule has 0 fully saturated rings. The maximum atomic E-state index is 13.9. The van der Waals surface area contributed by atoms with E-state index in [2.05, 4.69) is 10.6 Å². The van der Waals surface area contributed by atoms with Crippen molar-refractivity contribution in [1.29, 1.82) is 0 Å². The Kier molecular flexibility index (Phi) is 5.12. The molecule has 1 unspecified atom stereocenters. The maximum Gasteiger partial charge on any atom is 0.319 e. The summed E-state index contributed by atoms with van der Waals surface area (Å²) in [6.07, 6.45) is 0. The van der Waals surface area contributed by atoms with Gasteiger partial charge >= 0.3 is 6.03 Å². The van der Waals surface area contributed by atoms with Crippen molar-refractivity contribution in [2.75, 3.05) is 19.0 Å². The van der Waals surface area contributed by atoms with Crippen LogP contribution in [0.5, 0.6) is 0 Å². The first-order valence-electron chi connectivity index (χ1n) is 6.95. The highest BCUT2D eigenvalue weighted by molar-refractivity contribution is 5.89. The summed E-state index contributed by atoms with van der Waals surface area (Å²) in [5.74, 6) is -0.364. The van der Waals surface area contributed by atoms with Gasteiger partial charge in [0.15, 0.2) is 0 Å². The highest BCUT2D eigenvalue weighted by Crippen LogP contribution is 2.26. The van der Waals surface area contributed by atoms with E-state index in [1.165, 1.54) is 13.2 Å². The quantitative estimate of drug-likeness (QED) is 0.888. The number of amides is 2. The van der Waals surface area contributed by atoms with Crippen LogP contribution in [0.3, 0.4) is 0 Å². The zero-order valence-electron chi connectivity index (χ0n) is 12.6. The minimum Gasteiger partial charge on any atom is -0.372 e. The van der Waals surface area contributed by atoms with Crippen LogP contribution in [0, 0.1) is 5.82 Å². The molecule has 2 N–H and O–H groups in total. The van der Waals surface area contributed by atoms with E-state index < -0.39 is 5.60 Å². The SMILES string of the molecule is COC(C)(CNC(=O)Nc1ccccc1)c1ccccc1F. The van der Waals surface area contributed by atoms with Gasteiger partial charge in [-0.3, -0.25) is 0 Å². The zero-order chi connectivity index (χ0) is 16.0. The summed E-state index contributed by atoms with van der Waals surface area (Å²) in [5, 5.41) is 5.41. The fraction of sp³-hybridized carbons (Fsp3) is 0.235. The molecule has 5 heteroatoms. The largest absolute Gasteiger partial charge is 0.372 e. The Morgan fingerprint density at radius 2 is 1.77 bits per heavy atom. The van der Waals surface area contributed by atoms with Gasteiger partial charge in [-0.05, 0) is 25.1 Å². The second-order valence-electron chi connectivity index (χ2n) is 5.09. The minimum absolute atomic E-state index is 0.142. The van der Waals surface area contributed by atoms with Crippen LogP contribution < -0.4 is 10.6 Å². The van der Waals surface area contributed by atoms with Gasteiger partial charge in [0.05, 0.1) is 6.54 Å². The number of methoxy groups -OCH3 is 1. The smallest absolute Gasteiger partial charge is 0.319 e. The lowest BCUT2D eigenvalue weighted by Crippen LogP contribution is -2.42. The van der Waals surface area contributed by atoms with E-state index in [-0.39, 0.29) is 18.4 Å². The second-order valence-corrected chi connectivity index (χ2v) is 5.09. The van der Waals surface area contributed by atoms with Crippen LogP contribution in [0.1, 0.15) is 12.5 Å². The topological polar surface area (TPSA) is 50.4 Å². The number of urea groups is 1. The lowest BCUT2D eigenvalue weighted by atomic mass is 9.95. The number of hydrogen-bond acceptors (Lipinski definition) is 2. The lowest BCUT2D eigenvalue weighted by Gasteiger charge is -2.29. The summed E-state index contributed by atoms with van der Waals surface area (Å²) < 4.78 is 19.4. The molecule has 0 aliphatic rings. The molecule has 1 atom stereocenters. The van der Waals surface area contributed by atoms with E-state index in [0.717, 1.165) is 0 Å². The highest BCUT2D eigenvalue weighted by atomic mass is 19.1. The van der Waals surface area contributed by atoms with Crippen molar-refractivity contribution in [2.45, 2.75) is 12.5 Å². The van der Waals surface area contributed by atoms with Gasteiger partial charge < -0.3 is 15.4 Å². The summed E-state index contributed by atoms with van der Waals surface area (Å²) in [4.78, 5) is 11.9. The van der Waals surface area contributed by atoms with Gasteiger partial charge in [0.25, 0.3) is 0 Å². The van der Waals surface area contributed by atoms with E-state index in [9.17, 15) is 9.18 Å². The van der Waals surface area contributed by atoms with Crippen molar-refractivity contribution in [1.82, 2.24) is 5.32 Å². The van der Waals surface area contributed by atoms with Gasteiger partial charge in [-0.2, -0.15) is 0 Å². The summed E-state index contributed by atoms with van der Waals surface area (Å²) in [6.45, 7) is 1.87. The third-order valence-electron chi connectivity index (χ3n) is 3.51. The van der Waals surface area contributed by atoms with Crippen LogP contribution in [0.15, 0.2) is 54.6 Å². The number of ether oxygens (including phenoxy) is 1. The van der Waals surface area contributed by atoms with E-state index in [4.69, 9.17) is 4.74 Å². The van der Waals surface area contributed by atoms with Gasteiger partial charge in [0.1, 0.15) is 11.4 Å². The summed E-state index contributed by atoms with van der Waals surface area (Å²) >= 11 is 0. The first-order chi connectivity index (χ1) is 10.5. The molecule has 0 aliphatic carbocycles. The predicted octanol–water partition coefficient (Wildman–Crippen LogP) is 3.51. The van der Waals surface area contributed by atoms with Crippen LogP contribution in [0.4, 0.5) is 14.9 Å². The molecule has 0 radical (unpaired) electrons. The summed E-state index contributed by atoms with van der Waals surface area (Å²) in [5.41, 5.74) is 0.141. The molecule has 116 valence electrons. The Morgan fingerprint density at radius 3 is 2.41 bits per heavy atom. The molecule has 2 aromatic carbocycles. The number of hydrogen-bond donors (Lipinski definition) is 2. The van der Waals surface area contributed by atoms with E-state index in [0.29, 0.717) is 11.3 Å². The van der Waals surface area contributed by atoms with Crippen LogP contribution in [-0.4, -0.2) is 19.7 Å². The molecule has 0 saturated heterocycles. The third-order valence-corrected chi connectivity index (χ3v) is 3.51. The van der Waals surface area contributed by atoms with Crippen LogP contribution in [-0.2, 0) is 10.3 Å². The Hall–Kier alpha value is -2.40. The van der Waals surface area contributed by atoms with Gasteiger partial charge in [-0.1, -0.05) is 36.4 Å². The first kappa shape index (κ1) is 16.0. The van der Waals surface area contributed by atoms with Gasteiger partial charge in [-0.15, -0.1) is 0 Å². The molecule has 2 aromatic rings. The minimum atomic E-state index is -0.945. The Labute approximate surface area is 129 Å². The number of nitrogens with one attached hydrogen (secondary N) is 2. The average Bonchev–Trinajstić information content (AvgIpc) is 2.54.